The predicted molar refractivity (Wildman–Crippen MR) is 101 cm³/mol. The van der Waals surface area contributed by atoms with E-state index in [4.69, 9.17) is 14.3 Å². The number of hydroxylamine groups is 2. The van der Waals surface area contributed by atoms with Crippen LogP contribution in [0.15, 0.2) is 48.5 Å². The van der Waals surface area contributed by atoms with Crippen molar-refractivity contribution < 1.29 is 32.3 Å². The number of hydrogen-bond donors (Lipinski definition) is 0. The van der Waals surface area contributed by atoms with Crippen LogP contribution < -0.4 is 4.74 Å². The summed E-state index contributed by atoms with van der Waals surface area (Å²) in [7, 11) is 1.56. The largest absolute Gasteiger partial charge is 0.497 e. The Morgan fingerprint density at radius 3 is 1.97 bits per heavy atom. The van der Waals surface area contributed by atoms with E-state index in [0.29, 0.717) is 11.3 Å². The van der Waals surface area contributed by atoms with Crippen LogP contribution in [0.2, 0.25) is 0 Å². The smallest absolute Gasteiger partial charge is 0.434 e. The van der Waals surface area contributed by atoms with Gasteiger partial charge in [0.05, 0.1) is 19.2 Å². The molecule has 0 unspecified atom stereocenters. The van der Waals surface area contributed by atoms with Gasteiger partial charge in [0.15, 0.2) is 0 Å². The monoisotopic (exact) mass is 411 g/mol. The number of halogens is 3. The normalized spacial score (nSPS) is 11.8. The van der Waals surface area contributed by atoms with Crippen LogP contribution in [0.25, 0.3) is 0 Å². The summed E-state index contributed by atoms with van der Waals surface area (Å²) in [5.74, 6) is 0.683. The summed E-state index contributed by atoms with van der Waals surface area (Å²) in [4.78, 5) is 18.1. The third kappa shape index (κ3) is 7.30. The molecular formula is C21H24F3NO4. The molecule has 0 fully saturated rings. The van der Waals surface area contributed by atoms with Gasteiger partial charge in [0.2, 0.25) is 0 Å². The topological polar surface area (TPSA) is 48.0 Å². The van der Waals surface area contributed by atoms with Crippen molar-refractivity contribution in [3.05, 3.63) is 65.2 Å². The Balaban J connectivity index is 2.12. The number of methoxy groups -OCH3 is 1. The van der Waals surface area contributed by atoms with Gasteiger partial charge >= 0.3 is 12.3 Å². The average molecular weight is 411 g/mol. The molecule has 0 heterocycles. The highest BCUT2D eigenvalue weighted by Crippen LogP contribution is 2.29. The van der Waals surface area contributed by atoms with Gasteiger partial charge < -0.3 is 9.47 Å². The molecule has 2 rings (SSSR count). The maximum atomic E-state index is 12.7. The number of alkyl halides is 3. The van der Waals surface area contributed by atoms with Crippen molar-refractivity contribution in [3.63, 3.8) is 0 Å². The number of hydrogen-bond acceptors (Lipinski definition) is 4. The van der Waals surface area contributed by atoms with E-state index in [9.17, 15) is 18.0 Å². The molecule has 158 valence electrons. The summed E-state index contributed by atoms with van der Waals surface area (Å²) in [5.41, 5.74) is -0.256. The van der Waals surface area contributed by atoms with Gasteiger partial charge in [-0.3, -0.25) is 4.84 Å². The minimum absolute atomic E-state index is 0.0663. The molecule has 0 saturated heterocycles. The fraction of sp³-hybridized carbons (Fsp3) is 0.381. The molecule has 0 aliphatic heterocycles. The van der Waals surface area contributed by atoms with Crippen molar-refractivity contribution in [1.29, 1.82) is 0 Å². The van der Waals surface area contributed by atoms with Gasteiger partial charge in [-0.2, -0.15) is 18.2 Å². The minimum atomic E-state index is -4.42. The van der Waals surface area contributed by atoms with Gasteiger partial charge in [0.25, 0.3) is 0 Å². The fourth-order valence-electron chi connectivity index (χ4n) is 2.31. The van der Waals surface area contributed by atoms with Crippen LogP contribution in [0, 0.1) is 0 Å². The van der Waals surface area contributed by atoms with Crippen molar-refractivity contribution in [3.8, 4) is 5.75 Å². The molecule has 8 heteroatoms. The summed E-state index contributed by atoms with van der Waals surface area (Å²) in [6.07, 6.45) is -5.15. The summed E-state index contributed by atoms with van der Waals surface area (Å²) in [5, 5.41) is 0.998. The number of amides is 1. The van der Waals surface area contributed by atoms with E-state index in [0.717, 1.165) is 22.8 Å². The Hall–Kier alpha value is -2.74. The maximum absolute atomic E-state index is 12.7. The average Bonchev–Trinajstić information content (AvgIpc) is 2.63. The van der Waals surface area contributed by atoms with Crippen molar-refractivity contribution in [2.75, 3.05) is 7.11 Å². The molecule has 0 atom stereocenters. The first-order valence-corrected chi connectivity index (χ1v) is 8.90. The minimum Gasteiger partial charge on any atom is -0.497 e. The van der Waals surface area contributed by atoms with Crippen LogP contribution in [0.3, 0.4) is 0 Å². The summed E-state index contributed by atoms with van der Waals surface area (Å²) >= 11 is 0. The molecule has 0 saturated carbocycles. The standard InChI is InChI=1S/C21H24F3NO4/c1-20(2,3)29-19(26)25(28-14-16-7-11-18(27-4)12-8-16)13-15-5-9-17(10-6-15)21(22,23)24/h5-12H,13-14H2,1-4H3. The Bertz CT molecular complexity index is 797. The zero-order valence-corrected chi connectivity index (χ0v) is 16.7. The van der Waals surface area contributed by atoms with E-state index in [1.807, 2.05) is 0 Å². The molecule has 0 aliphatic carbocycles. The lowest BCUT2D eigenvalue weighted by atomic mass is 10.1. The van der Waals surface area contributed by atoms with E-state index < -0.39 is 23.4 Å². The Kier molecular flexibility index (Phi) is 7.13. The van der Waals surface area contributed by atoms with E-state index in [1.165, 1.54) is 12.1 Å². The van der Waals surface area contributed by atoms with E-state index >= 15 is 0 Å². The molecule has 0 N–H and O–H groups in total. The highest BCUT2D eigenvalue weighted by molar-refractivity contribution is 5.66. The molecule has 29 heavy (non-hydrogen) atoms. The van der Waals surface area contributed by atoms with Gasteiger partial charge in [-0.1, -0.05) is 24.3 Å². The van der Waals surface area contributed by atoms with Crippen LogP contribution in [0.5, 0.6) is 5.75 Å². The lowest BCUT2D eigenvalue weighted by Crippen LogP contribution is -2.36. The number of rotatable bonds is 6. The molecule has 2 aromatic rings. The lowest BCUT2D eigenvalue weighted by molar-refractivity contribution is -0.162. The van der Waals surface area contributed by atoms with Gasteiger partial charge in [-0.05, 0) is 56.2 Å². The summed E-state index contributed by atoms with van der Waals surface area (Å²) in [6, 6.07) is 11.6. The van der Waals surface area contributed by atoms with Crippen LogP contribution >= 0.6 is 0 Å². The number of carbonyl (C=O) groups is 1. The number of nitrogens with zero attached hydrogens (tertiary/aromatic N) is 1. The molecule has 0 aromatic heterocycles. The molecule has 2 aromatic carbocycles. The zero-order chi connectivity index (χ0) is 21.7. The van der Waals surface area contributed by atoms with E-state index in [-0.39, 0.29) is 13.2 Å². The fourth-order valence-corrected chi connectivity index (χ4v) is 2.31. The van der Waals surface area contributed by atoms with Crippen LogP contribution in [0.4, 0.5) is 18.0 Å². The first kappa shape index (κ1) is 22.5. The first-order chi connectivity index (χ1) is 13.5. The number of ether oxygens (including phenoxy) is 2. The number of benzene rings is 2. The van der Waals surface area contributed by atoms with E-state index in [2.05, 4.69) is 0 Å². The Morgan fingerprint density at radius 1 is 0.931 bits per heavy atom. The Labute approximate surface area is 167 Å². The molecule has 0 bridgehead atoms. The highest BCUT2D eigenvalue weighted by Gasteiger charge is 2.30. The molecule has 0 spiro atoms. The SMILES string of the molecule is COc1ccc(CON(Cc2ccc(C(F)(F)F)cc2)C(=O)OC(C)(C)C)cc1. The summed E-state index contributed by atoms with van der Waals surface area (Å²) in [6.45, 7) is 5.15. The molecule has 0 radical (unpaired) electrons. The van der Waals surface area contributed by atoms with Crippen LogP contribution in [-0.4, -0.2) is 23.9 Å². The molecule has 5 nitrogen and oxygen atoms in total. The summed E-state index contributed by atoms with van der Waals surface area (Å²) < 4.78 is 48.7. The van der Waals surface area contributed by atoms with Crippen molar-refractivity contribution >= 4 is 6.09 Å². The van der Waals surface area contributed by atoms with Gasteiger partial charge in [0.1, 0.15) is 18.0 Å². The third-order valence-electron chi connectivity index (χ3n) is 3.75. The predicted octanol–water partition coefficient (Wildman–Crippen LogP) is 5.58. The second-order valence-electron chi connectivity index (χ2n) is 7.33. The lowest BCUT2D eigenvalue weighted by Gasteiger charge is -2.27. The second kappa shape index (κ2) is 9.17. The number of carbonyl (C=O) groups excluding carboxylic acids is 1. The third-order valence-corrected chi connectivity index (χ3v) is 3.75. The highest BCUT2D eigenvalue weighted by atomic mass is 19.4. The molecule has 1 amide bonds. The van der Waals surface area contributed by atoms with Crippen LogP contribution in [0.1, 0.15) is 37.5 Å². The maximum Gasteiger partial charge on any atom is 0.434 e. The Morgan fingerprint density at radius 2 is 1.48 bits per heavy atom. The van der Waals surface area contributed by atoms with Gasteiger partial charge in [0, 0.05) is 0 Å². The zero-order valence-electron chi connectivity index (χ0n) is 16.7. The quantitative estimate of drug-likeness (QED) is 0.582. The van der Waals surface area contributed by atoms with Crippen molar-refractivity contribution in [2.45, 2.75) is 45.7 Å². The molecular weight excluding hydrogens is 387 g/mol. The van der Waals surface area contributed by atoms with Crippen molar-refractivity contribution in [1.82, 2.24) is 5.06 Å². The van der Waals surface area contributed by atoms with Gasteiger partial charge in [-0.25, -0.2) is 4.79 Å². The van der Waals surface area contributed by atoms with E-state index in [1.54, 1.807) is 52.1 Å². The van der Waals surface area contributed by atoms with Gasteiger partial charge in [-0.15, -0.1) is 0 Å². The van der Waals surface area contributed by atoms with Crippen LogP contribution in [-0.2, 0) is 28.9 Å². The van der Waals surface area contributed by atoms with Crippen molar-refractivity contribution in [2.24, 2.45) is 0 Å². The molecule has 0 aliphatic rings. The second-order valence-corrected chi connectivity index (χ2v) is 7.33. The first-order valence-electron chi connectivity index (χ1n) is 8.90.